The van der Waals surface area contributed by atoms with Crippen LogP contribution < -0.4 is 0 Å². The monoisotopic (exact) mass is 443 g/mol. The van der Waals surface area contributed by atoms with Crippen LogP contribution in [-0.4, -0.2) is 63.2 Å². The molecule has 0 amide bonds. The zero-order chi connectivity index (χ0) is 21.2. The third-order valence-electron chi connectivity index (χ3n) is 5.65. The highest BCUT2D eigenvalue weighted by Crippen LogP contribution is 2.43. The van der Waals surface area contributed by atoms with Gasteiger partial charge in [0, 0.05) is 12.0 Å². The molecule has 0 radical (unpaired) electrons. The summed E-state index contributed by atoms with van der Waals surface area (Å²) in [5.74, 6) is -3.11. The van der Waals surface area contributed by atoms with Crippen molar-refractivity contribution in [3.05, 3.63) is 35.0 Å². The molecule has 3 aliphatic rings. The summed E-state index contributed by atoms with van der Waals surface area (Å²) in [4.78, 5) is 0. The molecule has 0 bridgehead atoms. The predicted octanol–water partition coefficient (Wildman–Crippen LogP) is 2.44. The van der Waals surface area contributed by atoms with Crippen LogP contribution in [0.25, 0.3) is 11.3 Å². The molecule has 5 rings (SSSR count). The van der Waals surface area contributed by atoms with Crippen LogP contribution >= 0.6 is 11.6 Å². The molecule has 1 aromatic heterocycles. The van der Waals surface area contributed by atoms with E-state index in [0.717, 1.165) is 0 Å². The molecule has 162 valence electrons. The fourth-order valence-electron chi connectivity index (χ4n) is 4.29. The molecular weight excluding hydrogens is 424 g/mol. The number of halogens is 3. The Balaban J connectivity index is 1.53. The average molecular weight is 444 g/mol. The SMILES string of the molecule is CC1(C)OC[C@H]2O[C@@H]3CC(O)O[C@@H]3[C@@H](n3cc(-c4ccc(Cl)c(F)c4F)nn3)[C@H]2O1. The van der Waals surface area contributed by atoms with Crippen molar-refractivity contribution < 1.29 is 32.8 Å². The van der Waals surface area contributed by atoms with Crippen LogP contribution in [0.3, 0.4) is 0 Å². The first-order valence-corrected chi connectivity index (χ1v) is 9.98. The van der Waals surface area contributed by atoms with Crippen molar-refractivity contribution in [3.63, 3.8) is 0 Å². The smallest absolute Gasteiger partial charge is 0.178 e. The van der Waals surface area contributed by atoms with Crippen LogP contribution in [-0.2, 0) is 18.9 Å². The van der Waals surface area contributed by atoms with Gasteiger partial charge in [-0.1, -0.05) is 16.8 Å². The molecule has 0 spiro atoms. The summed E-state index contributed by atoms with van der Waals surface area (Å²) in [6.07, 6.45) is -1.06. The number of aromatic nitrogens is 3. The van der Waals surface area contributed by atoms with Crippen molar-refractivity contribution in [2.45, 2.75) is 62.8 Å². The lowest BCUT2D eigenvalue weighted by Gasteiger charge is -2.49. The van der Waals surface area contributed by atoms with E-state index in [0.29, 0.717) is 13.0 Å². The number of aliphatic hydroxyl groups excluding tert-OH is 1. The molecule has 11 heteroatoms. The Morgan fingerprint density at radius 2 is 1.97 bits per heavy atom. The number of benzene rings is 1. The van der Waals surface area contributed by atoms with E-state index in [9.17, 15) is 13.9 Å². The average Bonchev–Trinajstić information content (AvgIpc) is 3.30. The number of ether oxygens (including phenoxy) is 4. The molecule has 2 aromatic rings. The Morgan fingerprint density at radius 1 is 1.17 bits per heavy atom. The Bertz CT molecular complexity index is 974. The van der Waals surface area contributed by atoms with Crippen molar-refractivity contribution in [1.82, 2.24) is 15.0 Å². The van der Waals surface area contributed by atoms with Crippen LogP contribution in [0, 0.1) is 11.6 Å². The van der Waals surface area contributed by atoms with Gasteiger partial charge in [0.05, 0.1) is 23.9 Å². The molecule has 1 N–H and O–H groups in total. The number of hydrogen-bond acceptors (Lipinski definition) is 7. The topological polar surface area (TPSA) is 87.9 Å². The number of fused-ring (bicyclic) bond motifs is 2. The highest BCUT2D eigenvalue weighted by molar-refractivity contribution is 6.30. The van der Waals surface area contributed by atoms with Gasteiger partial charge in [-0.3, -0.25) is 0 Å². The van der Waals surface area contributed by atoms with E-state index < -0.39 is 54.2 Å². The van der Waals surface area contributed by atoms with Gasteiger partial charge in [-0.2, -0.15) is 0 Å². The highest BCUT2D eigenvalue weighted by atomic mass is 35.5. The lowest BCUT2D eigenvalue weighted by Crippen LogP contribution is -2.61. The van der Waals surface area contributed by atoms with Gasteiger partial charge in [0.1, 0.15) is 30.0 Å². The lowest BCUT2D eigenvalue weighted by atomic mass is 9.91. The molecule has 30 heavy (non-hydrogen) atoms. The first-order valence-electron chi connectivity index (χ1n) is 9.60. The second-order valence-electron chi connectivity index (χ2n) is 8.09. The Morgan fingerprint density at radius 3 is 2.77 bits per heavy atom. The summed E-state index contributed by atoms with van der Waals surface area (Å²) in [5.41, 5.74) is 0.0661. The van der Waals surface area contributed by atoms with Crippen LogP contribution in [0.4, 0.5) is 8.78 Å². The van der Waals surface area contributed by atoms with Gasteiger partial charge in [0.25, 0.3) is 0 Å². The Labute approximate surface area is 175 Å². The van der Waals surface area contributed by atoms with E-state index in [-0.39, 0.29) is 16.3 Å². The minimum Gasteiger partial charge on any atom is -0.368 e. The van der Waals surface area contributed by atoms with E-state index >= 15 is 0 Å². The standard InChI is InChI=1S/C19H20ClF2N3O5/c1-19(2)27-7-12-18(30-19)16(17-11(28-12)5-13(26)29-17)25-6-10(23-24-25)8-3-4-9(20)15(22)14(8)21/h3-4,6,11-13,16-18,26H,5,7H2,1-2H3/t11-,12-,13?,16-,17+,18+/m1/s1. The molecule has 3 fully saturated rings. The summed E-state index contributed by atoms with van der Waals surface area (Å²) in [7, 11) is 0. The maximum atomic E-state index is 14.4. The number of nitrogens with zero attached hydrogens (tertiary/aromatic N) is 3. The molecule has 0 saturated carbocycles. The van der Waals surface area contributed by atoms with Crippen LogP contribution in [0.1, 0.15) is 26.3 Å². The summed E-state index contributed by atoms with van der Waals surface area (Å²) in [5, 5.41) is 17.9. The van der Waals surface area contributed by atoms with E-state index in [1.165, 1.54) is 23.0 Å². The second-order valence-corrected chi connectivity index (χ2v) is 8.50. The van der Waals surface area contributed by atoms with Crippen molar-refractivity contribution in [2.24, 2.45) is 0 Å². The first kappa shape index (κ1) is 20.2. The minimum absolute atomic E-state index is 0.0658. The normalized spacial score (nSPS) is 35.1. The Hall–Kier alpha value is -1.69. The molecule has 3 aliphatic heterocycles. The third kappa shape index (κ3) is 3.31. The van der Waals surface area contributed by atoms with E-state index in [1.807, 2.05) is 0 Å². The zero-order valence-corrected chi connectivity index (χ0v) is 16.9. The van der Waals surface area contributed by atoms with Gasteiger partial charge in [-0.15, -0.1) is 5.10 Å². The molecular formula is C19H20ClF2N3O5. The van der Waals surface area contributed by atoms with Crippen molar-refractivity contribution in [3.8, 4) is 11.3 Å². The minimum atomic E-state index is -1.15. The zero-order valence-electron chi connectivity index (χ0n) is 16.2. The quantitative estimate of drug-likeness (QED) is 0.713. The van der Waals surface area contributed by atoms with Gasteiger partial charge < -0.3 is 24.1 Å². The van der Waals surface area contributed by atoms with E-state index in [2.05, 4.69) is 10.3 Å². The van der Waals surface area contributed by atoms with Gasteiger partial charge in [0.15, 0.2) is 23.7 Å². The van der Waals surface area contributed by atoms with Crippen molar-refractivity contribution >= 4 is 11.6 Å². The third-order valence-corrected chi connectivity index (χ3v) is 5.94. The maximum Gasteiger partial charge on any atom is 0.178 e. The predicted molar refractivity (Wildman–Crippen MR) is 98.5 cm³/mol. The van der Waals surface area contributed by atoms with Gasteiger partial charge >= 0.3 is 0 Å². The molecule has 0 aliphatic carbocycles. The fourth-order valence-corrected chi connectivity index (χ4v) is 4.44. The molecule has 6 atom stereocenters. The summed E-state index contributed by atoms with van der Waals surface area (Å²) >= 11 is 5.64. The number of rotatable bonds is 2. The molecule has 1 aromatic carbocycles. The second kappa shape index (κ2) is 7.18. The molecule has 8 nitrogen and oxygen atoms in total. The number of hydrogen-bond donors (Lipinski definition) is 1. The van der Waals surface area contributed by atoms with E-state index in [1.54, 1.807) is 13.8 Å². The van der Waals surface area contributed by atoms with Crippen molar-refractivity contribution in [1.29, 1.82) is 0 Å². The summed E-state index contributed by atoms with van der Waals surface area (Å²) in [6.45, 7) is 3.87. The van der Waals surface area contributed by atoms with Gasteiger partial charge in [-0.25, -0.2) is 13.5 Å². The number of aliphatic hydroxyl groups is 1. The summed E-state index contributed by atoms with van der Waals surface area (Å²) in [6, 6.07) is 2.08. The van der Waals surface area contributed by atoms with Gasteiger partial charge in [-0.05, 0) is 26.0 Å². The largest absolute Gasteiger partial charge is 0.368 e. The molecule has 4 heterocycles. The lowest BCUT2D eigenvalue weighted by molar-refractivity contribution is -0.345. The Kier molecular flexibility index (Phi) is 4.84. The summed E-state index contributed by atoms with van der Waals surface area (Å²) < 4.78 is 53.3. The van der Waals surface area contributed by atoms with Crippen LogP contribution in [0.5, 0.6) is 0 Å². The maximum absolute atomic E-state index is 14.4. The fraction of sp³-hybridized carbons (Fsp3) is 0.579. The highest BCUT2D eigenvalue weighted by Gasteiger charge is 2.56. The van der Waals surface area contributed by atoms with Crippen molar-refractivity contribution in [2.75, 3.05) is 6.61 Å². The van der Waals surface area contributed by atoms with Gasteiger partial charge in [0.2, 0.25) is 0 Å². The first-order chi connectivity index (χ1) is 14.2. The van der Waals surface area contributed by atoms with Crippen LogP contribution in [0.15, 0.2) is 18.3 Å². The van der Waals surface area contributed by atoms with Crippen LogP contribution in [0.2, 0.25) is 5.02 Å². The van der Waals surface area contributed by atoms with E-state index in [4.69, 9.17) is 30.5 Å². The molecule has 1 unspecified atom stereocenters. The molecule has 3 saturated heterocycles.